The van der Waals surface area contributed by atoms with Gasteiger partial charge in [-0.05, 0) is 37.1 Å². The molecule has 0 saturated carbocycles. The maximum atomic E-state index is 13.7. The SMILES string of the molecule is COCCN1C[C@@H](NC(=O)Nc2c(C)c(-c3cc(C(=O)N[C@H]4CCOC4)c(=O)n(C)c3)nn2-c2ccccc2)[C@H](c2ccccc2)C1. The minimum absolute atomic E-state index is 0.0176. The van der Waals surface area contributed by atoms with Crippen molar-refractivity contribution in [1.29, 1.82) is 0 Å². The van der Waals surface area contributed by atoms with E-state index in [1.165, 1.54) is 10.1 Å². The third-order valence-electron chi connectivity index (χ3n) is 8.87. The molecule has 47 heavy (non-hydrogen) atoms. The molecule has 0 radical (unpaired) electrons. The Morgan fingerprint density at radius 2 is 1.79 bits per heavy atom. The van der Waals surface area contributed by atoms with E-state index in [1.54, 1.807) is 31.1 Å². The number of para-hydroxylation sites is 1. The minimum Gasteiger partial charge on any atom is -0.383 e. The molecular weight excluding hydrogens is 598 g/mol. The highest BCUT2D eigenvalue weighted by Crippen LogP contribution is 2.31. The maximum absolute atomic E-state index is 13.7. The summed E-state index contributed by atoms with van der Waals surface area (Å²) < 4.78 is 13.8. The number of ether oxygens (including phenoxy) is 2. The van der Waals surface area contributed by atoms with E-state index in [0.717, 1.165) is 18.8 Å². The van der Waals surface area contributed by atoms with Crippen LogP contribution >= 0.6 is 0 Å². The molecule has 6 rings (SSSR count). The van der Waals surface area contributed by atoms with E-state index in [0.29, 0.717) is 55.4 Å². The second kappa shape index (κ2) is 14.3. The number of aryl methyl sites for hydroxylation is 1. The van der Waals surface area contributed by atoms with Crippen LogP contribution in [0, 0.1) is 6.92 Å². The summed E-state index contributed by atoms with van der Waals surface area (Å²) in [7, 11) is 3.30. The van der Waals surface area contributed by atoms with Gasteiger partial charge in [0, 0.05) is 63.6 Å². The van der Waals surface area contributed by atoms with Crippen LogP contribution in [0.3, 0.4) is 0 Å². The van der Waals surface area contributed by atoms with Crippen molar-refractivity contribution in [2.75, 3.05) is 51.9 Å². The Morgan fingerprint density at radius 3 is 2.49 bits per heavy atom. The molecule has 0 spiro atoms. The number of pyridine rings is 1. The lowest BCUT2D eigenvalue weighted by Crippen LogP contribution is -2.42. The van der Waals surface area contributed by atoms with Gasteiger partial charge in [-0.3, -0.25) is 19.8 Å². The topological polar surface area (TPSA) is 132 Å². The fourth-order valence-electron chi connectivity index (χ4n) is 6.37. The quantitative estimate of drug-likeness (QED) is 0.243. The Kier molecular flexibility index (Phi) is 9.81. The second-order valence-corrected chi connectivity index (χ2v) is 12.1. The van der Waals surface area contributed by atoms with Gasteiger partial charge in [-0.1, -0.05) is 48.5 Å². The molecule has 0 unspecified atom stereocenters. The molecule has 2 aliphatic heterocycles. The number of nitrogens with one attached hydrogen (secondary N) is 3. The number of amides is 3. The van der Waals surface area contributed by atoms with Gasteiger partial charge in [0.05, 0.1) is 36.7 Å². The Morgan fingerprint density at radius 1 is 1.04 bits per heavy atom. The molecule has 0 bridgehead atoms. The summed E-state index contributed by atoms with van der Waals surface area (Å²) in [6, 6.07) is 20.7. The predicted octanol–water partition coefficient (Wildman–Crippen LogP) is 3.30. The average Bonchev–Trinajstić information content (AvgIpc) is 3.82. The Labute approximate surface area is 273 Å². The Bertz CT molecular complexity index is 1770. The molecule has 2 aromatic carbocycles. The highest BCUT2D eigenvalue weighted by Gasteiger charge is 2.35. The highest BCUT2D eigenvalue weighted by atomic mass is 16.5. The number of aromatic nitrogens is 3. The molecule has 246 valence electrons. The maximum Gasteiger partial charge on any atom is 0.320 e. The minimum atomic E-state index is -0.454. The van der Waals surface area contributed by atoms with Crippen LogP contribution in [0.4, 0.5) is 10.6 Å². The third-order valence-corrected chi connectivity index (χ3v) is 8.87. The number of carbonyl (C=O) groups excluding carboxylic acids is 2. The van der Waals surface area contributed by atoms with E-state index in [4.69, 9.17) is 14.6 Å². The molecule has 4 heterocycles. The molecule has 4 aromatic rings. The zero-order valence-corrected chi connectivity index (χ0v) is 26.9. The molecule has 12 heteroatoms. The number of benzene rings is 2. The van der Waals surface area contributed by atoms with Crippen LogP contribution < -0.4 is 21.5 Å². The summed E-state index contributed by atoms with van der Waals surface area (Å²) in [6.07, 6.45) is 2.35. The van der Waals surface area contributed by atoms with Gasteiger partial charge >= 0.3 is 6.03 Å². The van der Waals surface area contributed by atoms with Crippen molar-refractivity contribution in [3.8, 4) is 16.9 Å². The summed E-state index contributed by atoms with van der Waals surface area (Å²) in [6.45, 7) is 5.74. The van der Waals surface area contributed by atoms with Crippen molar-refractivity contribution in [3.63, 3.8) is 0 Å². The number of methoxy groups -OCH3 is 1. The zero-order valence-electron chi connectivity index (χ0n) is 26.9. The largest absolute Gasteiger partial charge is 0.383 e. The van der Waals surface area contributed by atoms with E-state index in [9.17, 15) is 14.4 Å². The Hall–Kier alpha value is -4.78. The summed E-state index contributed by atoms with van der Waals surface area (Å²) in [5.74, 6) is 0.141. The number of carbonyl (C=O) groups is 2. The average molecular weight is 640 g/mol. The van der Waals surface area contributed by atoms with Gasteiger partial charge in [-0.2, -0.15) is 5.10 Å². The standard InChI is InChI=1S/C35H41N7O5/c1-23-31(25-18-28(34(44)40(2)19-25)33(43)36-26-14-16-47-22-26)39-42(27-12-8-5-9-13-27)32(23)38-35(45)37-30-21-41(15-17-46-3)20-29(30)24-10-6-4-7-11-24/h4-13,18-19,26,29-30H,14-17,20-22H2,1-3H3,(H,36,43)(H2,37,38,45)/t26-,29-,30+/m0/s1. The first kappa shape index (κ1) is 32.2. The van der Waals surface area contributed by atoms with Gasteiger partial charge in [0.15, 0.2) is 0 Å². The number of anilines is 1. The molecule has 2 aromatic heterocycles. The fraction of sp³-hybridized carbons (Fsp3) is 0.371. The van der Waals surface area contributed by atoms with E-state index in [-0.39, 0.29) is 29.6 Å². The number of hydrogen-bond acceptors (Lipinski definition) is 7. The molecule has 12 nitrogen and oxygen atoms in total. The number of nitrogens with zero attached hydrogens (tertiary/aromatic N) is 4. The van der Waals surface area contributed by atoms with Gasteiger partial charge in [0.25, 0.3) is 11.5 Å². The van der Waals surface area contributed by atoms with Gasteiger partial charge in [-0.15, -0.1) is 0 Å². The van der Waals surface area contributed by atoms with Crippen LogP contribution in [0.5, 0.6) is 0 Å². The van der Waals surface area contributed by atoms with Crippen molar-refractivity contribution >= 4 is 17.8 Å². The van der Waals surface area contributed by atoms with Gasteiger partial charge in [0.1, 0.15) is 11.4 Å². The van der Waals surface area contributed by atoms with E-state index >= 15 is 0 Å². The van der Waals surface area contributed by atoms with Crippen molar-refractivity contribution in [2.45, 2.75) is 31.3 Å². The number of urea groups is 1. The molecule has 3 amide bonds. The first-order chi connectivity index (χ1) is 22.8. The highest BCUT2D eigenvalue weighted by molar-refractivity contribution is 5.96. The molecule has 2 fully saturated rings. The van der Waals surface area contributed by atoms with E-state index in [1.807, 2.05) is 55.5 Å². The summed E-state index contributed by atoms with van der Waals surface area (Å²) in [5, 5.41) is 14.1. The van der Waals surface area contributed by atoms with E-state index in [2.05, 4.69) is 33.0 Å². The first-order valence-corrected chi connectivity index (χ1v) is 15.9. The second-order valence-electron chi connectivity index (χ2n) is 12.1. The molecule has 2 saturated heterocycles. The number of likely N-dealkylation sites (tertiary alicyclic amines) is 1. The number of rotatable bonds is 10. The summed E-state index contributed by atoms with van der Waals surface area (Å²) in [4.78, 5) is 42.3. The lowest BCUT2D eigenvalue weighted by molar-refractivity contribution is 0.0928. The van der Waals surface area contributed by atoms with Crippen LogP contribution in [-0.2, 0) is 16.5 Å². The smallest absolute Gasteiger partial charge is 0.320 e. The van der Waals surface area contributed by atoms with Crippen molar-refractivity contribution in [1.82, 2.24) is 29.9 Å². The van der Waals surface area contributed by atoms with Crippen LogP contribution in [0.1, 0.15) is 33.8 Å². The third kappa shape index (κ3) is 7.14. The lowest BCUT2D eigenvalue weighted by atomic mass is 9.94. The van der Waals surface area contributed by atoms with Crippen LogP contribution in [0.25, 0.3) is 16.9 Å². The lowest BCUT2D eigenvalue weighted by Gasteiger charge is -2.21. The predicted molar refractivity (Wildman–Crippen MR) is 179 cm³/mol. The van der Waals surface area contributed by atoms with Crippen LogP contribution in [0.15, 0.2) is 77.7 Å². The first-order valence-electron chi connectivity index (χ1n) is 15.9. The molecule has 0 aliphatic carbocycles. The molecule has 3 N–H and O–H groups in total. The van der Waals surface area contributed by atoms with Gasteiger partial charge < -0.3 is 24.7 Å². The monoisotopic (exact) mass is 639 g/mol. The molecule has 3 atom stereocenters. The molecular formula is C35H41N7O5. The van der Waals surface area contributed by atoms with E-state index < -0.39 is 11.5 Å². The van der Waals surface area contributed by atoms with Crippen molar-refractivity contribution in [2.24, 2.45) is 7.05 Å². The fourth-order valence-corrected chi connectivity index (χ4v) is 6.37. The van der Waals surface area contributed by atoms with Crippen molar-refractivity contribution < 1.29 is 19.1 Å². The summed E-state index contributed by atoms with van der Waals surface area (Å²) in [5.41, 5.74) is 3.31. The van der Waals surface area contributed by atoms with Crippen molar-refractivity contribution in [3.05, 3.63) is 100.0 Å². The molecule has 2 aliphatic rings. The zero-order chi connectivity index (χ0) is 32.9. The Balaban J connectivity index is 1.30. The van der Waals surface area contributed by atoms with Crippen LogP contribution in [-0.4, -0.2) is 89.8 Å². The van der Waals surface area contributed by atoms with Gasteiger partial charge in [-0.25, -0.2) is 9.48 Å². The normalized spacial score (nSPS) is 19.5. The van der Waals surface area contributed by atoms with Gasteiger partial charge in [0.2, 0.25) is 0 Å². The number of hydrogen-bond donors (Lipinski definition) is 3. The van der Waals surface area contributed by atoms with Crippen LogP contribution in [0.2, 0.25) is 0 Å². The summed E-state index contributed by atoms with van der Waals surface area (Å²) >= 11 is 0.